The summed E-state index contributed by atoms with van der Waals surface area (Å²) in [5.74, 6) is 0.361. The van der Waals surface area contributed by atoms with E-state index in [-0.39, 0.29) is 29.8 Å². The molecule has 0 bridgehead atoms. The minimum Gasteiger partial charge on any atom is -0.386 e. The van der Waals surface area contributed by atoms with Crippen LogP contribution < -0.4 is 5.32 Å². The second-order valence-electron chi connectivity index (χ2n) is 5.07. The van der Waals surface area contributed by atoms with Gasteiger partial charge in [0.1, 0.15) is 11.9 Å². The molecule has 1 aromatic heterocycles. The molecule has 0 aliphatic heterocycles. The molecule has 1 aromatic carbocycles. The molecule has 1 unspecified atom stereocenters. The van der Waals surface area contributed by atoms with E-state index in [4.69, 9.17) is 11.6 Å². The lowest BCUT2D eigenvalue weighted by Crippen LogP contribution is -2.40. The maximum atomic E-state index is 13.2. The van der Waals surface area contributed by atoms with Crippen molar-refractivity contribution in [2.45, 2.75) is 12.6 Å². The van der Waals surface area contributed by atoms with Crippen molar-refractivity contribution >= 4 is 52.9 Å². The van der Waals surface area contributed by atoms with Crippen LogP contribution in [0.25, 0.3) is 0 Å². The van der Waals surface area contributed by atoms with Crippen LogP contribution in [-0.2, 0) is 6.54 Å². The first-order valence-electron chi connectivity index (χ1n) is 7.09. The fourth-order valence-electron chi connectivity index (χ4n) is 2.16. The topological polar surface area (TPSA) is 47.9 Å². The summed E-state index contributed by atoms with van der Waals surface area (Å²) < 4.78 is 13.9. The number of rotatable bonds is 5. The van der Waals surface area contributed by atoms with E-state index in [2.05, 4.69) is 10.3 Å². The van der Waals surface area contributed by atoms with Crippen molar-refractivity contribution < 1.29 is 9.50 Å². The lowest BCUT2D eigenvalue weighted by atomic mass is 10.2. The molecule has 4 nitrogen and oxygen atoms in total. The van der Waals surface area contributed by atoms with E-state index in [9.17, 15) is 9.50 Å². The van der Waals surface area contributed by atoms with Crippen LogP contribution in [0.15, 0.2) is 41.4 Å². The fraction of sp³-hybridized carbons (Fsp3) is 0.312. The van der Waals surface area contributed by atoms with E-state index in [0.717, 1.165) is 10.4 Å². The van der Waals surface area contributed by atoms with E-state index in [1.165, 1.54) is 23.5 Å². The molecule has 0 saturated carbocycles. The summed E-state index contributed by atoms with van der Waals surface area (Å²) in [5.41, 5.74) is 0.848. The van der Waals surface area contributed by atoms with Crippen molar-refractivity contribution in [1.82, 2.24) is 10.2 Å². The number of hydrogen-bond donors (Lipinski definition) is 2. The Morgan fingerprint density at radius 1 is 1.42 bits per heavy atom. The smallest absolute Gasteiger partial charge is 0.193 e. The summed E-state index contributed by atoms with van der Waals surface area (Å²) in [4.78, 5) is 6.84. The first-order chi connectivity index (χ1) is 11.0. The Bertz CT molecular complexity index is 683. The normalized spacial score (nSPS) is 12.5. The molecular formula is C16H20ClFIN3OS. The van der Waals surface area contributed by atoms with E-state index in [1.54, 1.807) is 25.2 Å². The second-order valence-corrected chi connectivity index (χ2v) is 6.82. The summed E-state index contributed by atoms with van der Waals surface area (Å²) in [7, 11) is 3.52. The number of aliphatic imine (C=N–C) groups is 1. The molecule has 0 radical (unpaired) electrons. The Morgan fingerprint density at radius 3 is 2.75 bits per heavy atom. The van der Waals surface area contributed by atoms with Crippen molar-refractivity contribution in [2.75, 3.05) is 20.6 Å². The van der Waals surface area contributed by atoms with Crippen molar-refractivity contribution in [3.05, 3.63) is 57.0 Å². The SMILES string of the molecule is CN=C(NCC(O)c1ccc(Cl)s1)N(C)Cc1cccc(F)c1.I. The highest BCUT2D eigenvalue weighted by Crippen LogP contribution is 2.26. The van der Waals surface area contributed by atoms with Crippen LogP contribution in [0.3, 0.4) is 0 Å². The van der Waals surface area contributed by atoms with Crippen LogP contribution in [0.5, 0.6) is 0 Å². The molecule has 1 atom stereocenters. The fourth-order valence-corrected chi connectivity index (χ4v) is 3.21. The van der Waals surface area contributed by atoms with Crippen molar-refractivity contribution in [3.8, 4) is 0 Å². The van der Waals surface area contributed by atoms with Crippen LogP contribution in [-0.4, -0.2) is 36.6 Å². The van der Waals surface area contributed by atoms with Crippen molar-refractivity contribution in [2.24, 2.45) is 4.99 Å². The number of thiophene rings is 1. The van der Waals surface area contributed by atoms with E-state index in [1.807, 2.05) is 18.0 Å². The summed E-state index contributed by atoms with van der Waals surface area (Å²) in [6.07, 6.45) is -0.660. The van der Waals surface area contributed by atoms with Crippen molar-refractivity contribution in [3.63, 3.8) is 0 Å². The highest BCUT2D eigenvalue weighted by molar-refractivity contribution is 14.0. The third kappa shape index (κ3) is 6.19. The standard InChI is InChI=1S/C16H19ClFN3OS.HI/c1-19-16(20-9-13(22)14-6-7-15(17)23-14)21(2)10-11-4-3-5-12(18)8-11;/h3-8,13,22H,9-10H2,1-2H3,(H,19,20);1H. The van der Waals surface area contributed by atoms with Gasteiger partial charge >= 0.3 is 0 Å². The van der Waals surface area contributed by atoms with Gasteiger partial charge in [-0.2, -0.15) is 0 Å². The molecule has 0 amide bonds. The molecule has 0 spiro atoms. The van der Waals surface area contributed by atoms with Crippen molar-refractivity contribution in [1.29, 1.82) is 0 Å². The first kappa shape index (κ1) is 21.1. The predicted molar refractivity (Wildman–Crippen MR) is 109 cm³/mol. The maximum Gasteiger partial charge on any atom is 0.193 e. The minimum absolute atomic E-state index is 0. The number of nitrogens with zero attached hydrogens (tertiary/aromatic N) is 2. The predicted octanol–water partition coefficient (Wildman–Crippen LogP) is 3.90. The van der Waals surface area contributed by atoms with Gasteiger partial charge in [0.15, 0.2) is 5.96 Å². The zero-order chi connectivity index (χ0) is 16.8. The number of aliphatic hydroxyl groups excluding tert-OH is 1. The zero-order valence-corrected chi connectivity index (χ0v) is 17.3. The largest absolute Gasteiger partial charge is 0.386 e. The third-order valence-electron chi connectivity index (χ3n) is 3.26. The van der Waals surface area contributed by atoms with Crippen LogP contribution in [0.4, 0.5) is 4.39 Å². The molecule has 2 rings (SSSR count). The molecule has 132 valence electrons. The quantitative estimate of drug-likeness (QED) is 0.385. The van der Waals surface area contributed by atoms with Gasteiger partial charge in [-0.1, -0.05) is 23.7 Å². The molecule has 1 heterocycles. The Balaban J connectivity index is 0.00000288. The Labute approximate surface area is 167 Å². The second kappa shape index (κ2) is 10.2. The lowest BCUT2D eigenvalue weighted by Gasteiger charge is -2.23. The number of aliphatic hydroxyl groups is 1. The minimum atomic E-state index is -0.660. The van der Waals surface area contributed by atoms with E-state index < -0.39 is 6.10 Å². The Kier molecular flexibility index (Phi) is 8.96. The summed E-state index contributed by atoms with van der Waals surface area (Å²) in [6.45, 7) is 0.829. The van der Waals surface area contributed by atoms with Gasteiger partial charge in [0.25, 0.3) is 0 Å². The zero-order valence-electron chi connectivity index (χ0n) is 13.4. The molecule has 0 fully saturated rings. The molecule has 0 saturated heterocycles. The van der Waals surface area contributed by atoms with Gasteiger partial charge in [0.2, 0.25) is 0 Å². The number of halogens is 3. The van der Waals surface area contributed by atoms with Gasteiger partial charge in [-0.3, -0.25) is 4.99 Å². The average Bonchev–Trinajstić information content (AvgIpc) is 2.94. The van der Waals surface area contributed by atoms with Crippen LogP contribution in [0.2, 0.25) is 4.34 Å². The Hall–Kier alpha value is -0.900. The molecule has 2 N–H and O–H groups in total. The van der Waals surface area contributed by atoms with Gasteiger partial charge in [0.05, 0.1) is 4.34 Å². The maximum absolute atomic E-state index is 13.2. The highest BCUT2D eigenvalue weighted by atomic mass is 127. The van der Waals surface area contributed by atoms with E-state index in [0.29, 0.717) is 23.4 Å². The summed E-state index contributed by atoms with van der Waals surface area (Å²) in [6, 6.07) is 10.0. The highest BCUT2D eigenvalue weighted by Gasteiger charge is 2.13. The molecular weight excluding hydrogens is 464 g/mol. The van der Waals surface area contributed by atoms with Gasteiger partial charge in [-0.05, 0) is 29.8 Å². The molecule has 24 heavy (non-hydrogen) atoms. The van der Waals surface area contributed by atoms with Crippen LogP contribution >= 0.6 is 46.9 Å². The number of benzene rings is 1. The van der Waals surface area contributed by atoms with E-state index >= 15 is 0 Å². The third-order valence-corrected chi connectivity index (χ3v) is 4.59. The molecule has 8 heteroatoms. The summed E-state index contributed by atoms with van der Waals surface area (Å²) >= 11 is 7.22. The van der Waals surface area contributed by atoms with Gasteiger partial charge in [-0.15, -0.1) is 35.3 Å². The van der Waals surface area contributed by atoms with Gasteiger partial charge < -0.3 is 15.3 Å². The Morgan fingerprint density at radius 2 is 2.17 bits per heavy atom. The van der Waals surface area contributed by atoms with Gasteiger partial charge in [0, 0.05) is 32.1 Å². The van der Waals surface area contributed by atoms with Crippen LogP contribution in [0, 0.1) is 5.82 Å². The number of nitrogens with one attached hydrogen (secondary N) is 1. The first-order valence-corrected chi connectivity index (χ1v) is 8.28. The van der Waals surface area contributed by atoms with Gasteiger partial charge in [-0.25, -0.2) is 4.39 Å². The lowest BCUT2D eigenvalue weighted by molar-refractivity contribution is 0.183. The average molecular weight is 484 g/mol. The summed E-state index contributed by atoms with van der Waals surface area (Å²) in [5, 5.41) is 13.3. The number of hydrogen-bond acceptors (Lipinski definition) is 3. The molecule has 0 aliphatic rings. The molecule has 2 aromatic rings. The molecule has 0 aliphatic carbocycles. The van der Waals surface area contributed by atoms with Crippen LogP contribution in [0.1, 0.15) is 16.5 Å². The number of guanidine groups is 1. The monoisotopic (exact) mass is 483 g/mol.